The summed E-state index contributed by atoms with van der Waals surface area (Å²) in [6.07, 6.45) is 0.786. The summed E-state index contributed by atoms with van der Waals surface area (Å²) in [5.41, 5.74) is 1.62. The molecule has 2 rings (SSSR count). The highest BCUT2D eigenvalue weighted by atomic mass is 79.9. The van der Waals surface area contributed by atoms with Gasteiger partial charge in [-0.05, 0) is 40.5 Å². The van der Waals surface area contributed by atoms with Crippen LogP contribution in [0.2, 0.25) is 0 Å². The van der Waals surface area contributed by atoms with Crippen molar-refractivity contribution in [3.8, 4) is 11.5 Å². The third-order valence-corrected chi connectivity index (χ3v) is 3.28. The predicted molar refractivity (Wildman–Crippen MR) is 81.5 cm³/mol. The molecule has 0 saturated carbocycles. The number of benzene rings is 2. The van der Waals surface area contributed by atoms with Crippen molar-refractivity contribution in [2.75, 3.05) is 6.61 Å². The van der Waals surface area contributed by atoms with E-state index < -0.39 is 0 Å². The van der Waals surface area contributed by atoms with Crippen molar-refractivity contribution >= 4 is 22.2 Å². The molecule has 0 heterocycles. The highest BCUT2D eigenvalue weighted by Crippen LogP contribution is 2.37. The Morgan fingerprint density at radius 1 is 1.15 bits per heavy atom. The Kier molecular flexibility index (Phi) is 5.18. The van der Waals surface area contributed by atoms with Gasteiger partial charge in [0.05, 0.1) is 11.1 Å². The van der Waals surface area contributed by atoms with Crippen LogP contribution in [0.4, 0.5) is 0 Å². The number of aldehydes is 1. The number of carbonyl (C=O) groups excluding carboxylic acids is 1. The molecule has 0 spiro atoms. The van der Waals surface area contributed by atoms with Crippen LogP contribution in [-0.4, -0.2) is 12.9 Å². The molecule has 0 amide bonds. The van der Waals surface area contributed by atoms with Gasteiger partial charge in [-0.1, -0.05) is 30.3 Å². The van der Waals surface area contributed by atoms with E-state index in [9.17, 15) is 4.79 Å². The average molecular weight is 335 g/mol. The third-order valence-electron chi connectivity index (χ3n) is 2.69. The SMILES string of the molecule is CCOc1cc(C=O)cc(Br)c1OCc1ccccc1. The van der Waals surface area contributed by atoms with Crippen molar-refractivity contribution in [3.05, 3.63) is 58.1 Å². The molecular weight excluding hydrogens is 320 g/mol. The van der Waals surface area contributed by atoms with Crippen LogP contribution in [0.5, 0.6) is 11.5 Å². The molecule has 2 aromatic rings. The summed E-state index contributed by atoms with van der Waals surface area (Å²) in [7, 11) is 0. The standard InChI is InChI=1S/C16H15BrO3/c1-2-19-15-9-13(10-18)8-14(17)16(15)20-11-12-6-4-3-5-7-12/h3-10H,2,11H2,1H3. The van der Waals surface area contributed by atoms with Gasteiger partial charge in [-0.2, -0.15) is 0 Å². The zero-order valence-electron chi connectivity index (χ0n) is 11.1. The molecule has 0 N–H and O–H groups in total. The minimum Gasteiger partial charge on any atom is -0.490 e. The van der Waals surface area contributed by atoms with Gasteiger partial charge in [-0.3, -0.25) is 4.79 Å². The Hall–Kier alpha value is -1.81. The lowest BCUT2D eigenvalue weighted by molar-refractivity contribution is 0.112. The van der Waals surface area contributed by atoms with Crippen molar-refractivity contribution in [1.82, 2.24) is 0 Å². The number of rotatable bonds is 6. The van der Waals surface area contributed by atoms with Gasteiger partial charge < -0.3 is 9.47 Å². The van der Waals surface area contributed by atoms with Gasteiger partial charge in [0.1, 0.15) is 12.9 Å². The molecule has 4 heteroatoms. The van der Waals surface area contributed by atoms with E-state index in [0.717, 1.165) is 11.8 Å². The van der Waals surface area contributed by atoms with Crippen LogP contribution in [0.3, 0.4) is 0 Å². The van der Waals surface area contributed by atoms with Crippen LogP contribution in [0.1, 0.15) is 22.8 Å². The lowest BCUT2D eigenvalue weighted by Gasteiger charge is -2.14. The quantitative estimate of drug-likeness (QED) is 0.741. The summed E-state index contributed by atoms with van der Waals surface area (Å²) in [6.45, 7) is 2.85. The molecule has 0 aromatic heterocycles. The fourth-order valence-corrected chi connectivity index (χ4v) is 2.36. The van der Waals surface area contributed by atoms with Crippen LogP contribution in [0.15, 0.2) is 46.9 Å². The lowest BCUT2D eigenvalue weighted by Crippen LogP contribution is -2.01. The topological polar surface area (TPSA) is 35.5 Å². The van der Waals surface area contributed by atoms with E-state index in [-0.39, 0.29) is 0 Å². The minimum atomic E-state index is 0.444. The molecule has 0 fully saturated rings. The Balaban J connectivity index is 2.23. The summed E-state index contributed by atoms with van der Waals surface area (Å²) >= 11 is 3.42. The second-order valence-corrected chi connectivity index (χ2v) is 5.01. The third kappa shape index (κ3) is 3.61. The maximum absolute atomic E-state index is 10.9. The van der Waals surface area contributed by atoms with Crippen molar-refractivity contribution in [3.63, 3.8) is 0 Å². The van der Waals surface area contributed by atoms with E-state index in [0.29, 0.717) is 34.7 Å². The summed E-state index contributed by atoms with van der Waals surface area (Å²) in [6, 6.07) is 13.3. The van der Waals surface area contributed by atoms with Gasteiger partial charge in [0.2, 0.25) is 0 Å². The van der Waals surface area contributed by atoms with Gasteiger partial charge in [-0.25, -0.2) is 0 Å². The normalized spacial score (nSPS) is 10.1. The van der Waals surface area contributed by atoms with E-state index in [2.05, 4.69) is 15.9 Å². The molecule has 0 aliphatic heterocycles. The van der Waals surface area contributed by atoms with Crippen LogP contribution in [0, 0.1) is 0 Å². The average Bonchev–Trinajstić information content (AvgIpc) is 2.47. The smallest absolute Gasteiger partial charge is 0.175 e. The van der Waals surface area contributed by atoms with Gasteiger partial charge in [-0.15, -0.1) is 0 Å². The van der Waals surface area contributed by atoms with Gasteiger partial charge in [0, 0.05) is 5.56 Å². The summed E-state index contributed by atoms with van der Waals surface area (Å²) in [5.74, 6) is 1.18. The zero-order chi connectivity index (χ0) is 14.4. The molecule has 0 aliphatic carbocycles. The lowest BCUT2D eigenvalue weighted by atomic mass is 10.2. The fourth-order valence-electron chi connectivity index (χ4n) is 1.79. The Bertz CT molecular complexity index is 582. The molecule has 104 valence electrons. The molecule has 20 heavy (non-hydrogen) atoms. The van der Waals surface area contributed by atoms with Crippen LogP contribution in [-0.2, 0) is 6.61 Å². The van der Waals surface area contributed by atoms with Crippen molar-refractivity contribution in [2.24, 2.45) is 0 Å². The zero-order valence-corrected chi connectivity index (χ0v) is 12.7. The summed E-state index contributed by atoms with van der Waals surface area (Å²) in [4.78, 5) is 10.9. The molecule has 0 saturated heterocycles. The first-order chi connectivity index (χ1) is 9.74. The molecule has 0 aliphatic rings. The Labute approximate surface area is 126 Å². The highest BCUT2D eigenvalue weighted by molar-refractivity contribution is 9.10. The summed E-state index contributed by atoms with van der Waals surface area (Å²) in [5, 5.41) is 0. The predicted octanol–water partition coefficient (Wildman–Crippen LogP) is 4.24. The van der Waals surface area contributed by atoms with E-state index in [1.54, 1.807) is 12.1 Å². The minimum absolute atomic E-state index is 0.444. The van der Waals surface area contributed by atoms with E-state index >= 15 is 0 Å². The summed E-state index contributed by atoms with van der Waals surface area (Å²) < 4.78 is 12.1. The fraction of sp³-hybridized carbons (Fsp3) is 0.188. The largest absolute Gasteiger partial charge is 0.490 e. The van der Waals surface area contributed by atoms with Gasteiger partial charge >= 0.3 is 0 Å². The van der Waals surface area contributed by atoms with Crippen LogP contribution >= 0.6 is 15.9 Å². The van der Waals surface area contributed by atoms with Gasteiger partial charge in [0.25, 0.3) is 0 Å². The number of carbonyl (C=O) groups is 1. The second-order valence-electron chi connectivity index (χ2n) is 4.16. The van der Waals surface area contributed by atoms with E-state index in [1.807, 2.05) is 37.3 Å². The molecule has 2 aromatic carbocycles. The molecule has 0 unspecified atom stereocenters. The monoisotopic (exact) mass is 334 g/mol. The maximum atomic E-state index is 10.9. The molecule has 0 bridgehead atoms. The first-order valence-electron chi connectivity index (χ1n) is 6.33. The Morgan fingerprint density at radius 3 is 2.55 bits per heavy atom. The van der Waals surface area contributed by atoms with Gasteiger partial charge in [0.15, 0.2) is 11.5 Å². The first kappa shape index (κ1) is 14.6. The molecule has 0 radical (unpaired) electrons. The second kappa shape index (κ2) is 7.10. The van der Waals surface area contributed by atoms with E-state index in [4.69, 9.17) is 9.47 Å². The molecule has 3 nitrogen and oxygen atoms in total. The number of halogens is 1. The first-order valence-corrected chi connectivity index (χ1v) is 7.12. The molecular formula is C16H15BrO3. The van der Waals surface area contributed by atoms with Crippen molar-refractivity contribution in [2.45, 2.75) is 13.5 Å². The van der Waals surface area contributed by atoms with Crippen molar-refractivity contribution in [1.29, 1.82) is 0 Å². The van der Waals surface area contributed by atoms with E-state index in [1.165, 1.54) is 0 Å². The maximum Gasteiger partial charge on any atom is 0.175 e. The van der Waals surface area contributed by atoms with Crippen molar-refractivity contribution < 1.29 is 14.3 Å². The number of hydrogen-bond acceptors (Lipinski definition) is 3. The highest BCUT2D eigenvalue weighted by Gasteiger charge is 2.12. The Morgan fingerprint density at radius 2 is 1.90 bits per heavy atom. The molecule has 0 atom stereocenters. The van der Waals surface area contributed by atoms with Crippen LogP contribution in [0.25, 0.3) is 0 Å². The number of hydrogen-bond donors (Lipinski definition) is 0. The number of ether oxygens (including phenoxy) is 2. The van der Waals surface area contributed by atoms with Crippen LogP contribution < -0.4 is 9.47 Å².